The number of nitrogens with two attached hydrogens (primary N) is 2. The van der Waals surface area contributed by atoms with Crippen LogP contribution in [0, 0.1) is 17.5 Å². The van der Waals surface area contributed by atoms with Gasteiger partial charge < -0.3 is 25.1 Å². The van der Waals surface area contributed by atoms with Gasteiger partial charge in [0.05, 0.1) is 25.3 Å². The number of nitrogens with zero attached hydrogens (tertiary/aromatic N) is 4. The van der Waals surface area contributed by atoms with Gasteiger partial charge in [-0.1, -0.05) is 6.07 Å². The van der Waals surface area contributed by atoms with E-state index in [1.807, 2.05) is 0 Å². The van der Waals surface area contributed by atoms with Gasteiger partial charge in [-0.2, -0.15) is 0 Å². The van der Waals surface area contributed by atoms with E-state index in [2.05, 4.69) is 5.43 Å². The van der Waals surface area contributed by atoms with Crippen LogP contribution >= 0.6 is 0 Å². The smallest absolute Gasteiger partial charge is 0.429 e. The third-order valence-corrected chi connectivity index (χ3v) is 5.70. The van der Waals surface area contributed by atoms with Gasteiger partial charge in [-0.25, -0.2) is 39.0 Å². The van der Waals surface area contributed by atoms with Crippen LogP contribution < -0.4 is 31.5 Å². The number of amides is 2. The van der Waals surface area contributed by atoms with Crippen LogP contribution in [0.3, 0.4) is 0 Å². The highest BCUT2D eigenvalue weighted by atomic mass is 19.1. The Morgan fingerprint density at radius 3 is 2.65 bits per heavy atom. The summed E-state index contributed by atoms with van der Waals surface area (Å²) >= 11 is 0. The van der Waals surface area contributed by atoms with E-state index in [4.69, 9.17) is 21.1 Å². The molecule has 0 aromatic heterocycles. The van der Waals surface area contributed by atoms with Gasteiger partial charge in [0, 0.05) is 50.2 Å². The van der Waals surface area contributed by atoms with Gasteiger partial charge in [-0.05, 0) is 12.1 Å². The lowest BCUT2D eigenvalue weighted by Gasteiger charge is -2.25. The van der Waals surface area contributed by atoms with Crippen molar-refractivity contribution >= 4 is 23.6 Å². The van der Waals surface area contributed by atoms with Crippen molar-refractivity contribution in [2.24, 2.45) is 11.6 Å². The Bertz CT molecular complexity index is 1160. The third kappa shape index (κ3) is 6.16. The predicted molar refractivity (Wildman–Crippen MR) is 128 cm³/mol. The van der Waals surface area contributed by atoms with Gasteiger partial charge in [0.15, 0.2) is 11.6 Å². The molecular formula is C23H26F3N7O4. The van der Waals surface area contributed by atoms with Crippen molar-refractivity contribution < 1.29 is 32.2 Å². The molecule has 2 aromatic rings. The maximum atomic E-state index is 15.1. The molecule has 0 bridgehead atoms. The van der Waals surface area contributed by atoms with E-state index in [9.17, 15) is 14.0 Å². The van der Waals surface area contributed by atoms with Gasteiger partial charge >= 0.3 is 12.2 Å². The number of halogens is 3. The second-order valence-electron chi connectivity index (χ2n) is 8.28. The first-order valence-electron chi connectivity index (χ1n) is 11.4. The van der Waals surface area contributed by atoms with Gasteiger partial charge in [0.25, 0.3) is 0 Å². The van der Waals surface area contributed by atoms with Crippen molar-refractivity contribution in [3.05, 3.63) is 66.2 Å². The van der Waals surface area contributed by atoms with Crippen molar-refractivity contribution in [3.63, 3.8) is 0 Å². The summed E-state index contributed by atoms with van der Waals surface area (Å²) in [6, 6.07) is 7.22. The van der Waals surface area contributed by atoms with Gasteiger partial charge in [0.2, 0.25) is 0 Å². The van der Waals surface area contributed by atoms with Crippen LogP contribution in [0.2, 0.25) is 0 Å². The fraction of sp³-hybridized carbons (Fsp3) is 0.304. The Balaban J connectivity index is 1.41. The van der Waals surface area contributed by atoms with E-state index >= 15 is 8.78 Å². The molecule has 198 valence electrons. The SMILES string of the molecule is N/C=C\N(N)C[C@H]1CN(c2cc(F)c(N3CCNN(C(=O)Oc4cccc(F)c4)CC3)c(F)c2)C(=O)O1. The first-order valence-corrected chi connectivity index (χ1v) is 11.4. The standard InChI is InChI=1S/C23H26F3N7O4/c24-15-2-1-3-17(10-15)36-23(35)33-9-8-30(7-5-29-33)21-19(25)11-16(12-20(21)26)32-14-18(37-22(32)34)13-31(28)6-4-27/h1-4,6,10-12,18,29H,5,7-9,13-14,27-28H2/b6-4-/t18-/m0/s1. The lowest BCUT2D eigenvalue weighted by atomic mass is 10.2. The molecule has 14 heteroatoms. The van der Waals surface area contributed by atoms with Crippen LogP contribution in [0.1, 0.15) is 0 Å². The van der Waals surface area contributed by atoms with E-state index in [0.29, 0.717) is 0 Å². The molecule has 2 aromatic carbocycles. The zero-order valence-corrected chi connectivity index (χ0v) is 19.6. The molecule has 0 saturated carbocycles. The molecule has 2 amide bonds. The Hall–Kier alpha value is -4.17. The Labute approximate surface area is 210 Å². The summed E-state index contributed by atoms with van der Waals surface area (Å²) in [5.41, 5.74) is 7.81. The van der Waals surface area contributed by atoms with Crippen molar-refractivity contribution in [3.8, 4) is 5.75 Å². The zero-order chi connectivity index (χ0) is 26.5. The minimum atomic E-state index is -0.881. The highest BCUT2D eigenvalue weighted by Gasteiger charge is 2.34. The van der Waals surface area contributed by atoms with Crippen LogP contribution in [0.15, 0.2) is 48.8 Å². The molecule has 2 aliphatic rings. The van der Waals surface area contributed by atoms with E-state index in [0.717, 1.165) is 28.1 Å². The molecule has 11 nitrogen and oxygen atoms in total. The molecule has 5 N–H and O–H groups in total. The van der Waals surface area contributed by atoms with E-state index in [-0.39, 0.29) is 56.4 Å². The normalized spacial score (nSPS) is 18.2. The number of cyclic esters (lactones) is 1. The second-order valence-corrected chi connectivity index (χ2v) is 8.28. The van der Waals surface area contributed by atoms with E-state index < -0.39 is 35.7 Å². The quantitative estimate of drug-likeness (QED) is 0.385. The molecule has 1 atom stereocenters. The minimum Gasteiger partial charge on any atom is -0.442 e. The summed E-state index contributed by atoms with van der Waals surface area (Å²) in [5.74, 6) is 3.41. The van der Waals surface area contributed by atoms with Gasteiger partial charge in [-0.15, -0.1) is 0 Å². The molecule has 2 aliphatic heterocycles. The fourth-order valence-electron chi connectivity index (χ4n) is 4.04. The third-order valence-electron chi connectivity index (χ3n) is 5.70. The lowest BCUT2D eigenvalue weighted by molar-refractivity contribution is 0.122. The topological polar surface area (TPSA) is 130 Å². The Morgan fingerprint density at radius 2 is 1.95 bits per heavy atom. The highest BCUT2D eigenvalue weighted by Crippen LogP contribution is 2.31. The highest BCUT2D eigenvalue weighted by molar-refractivity contribution is 5.90. The summed E-state index contributed by atoms with van der Waals surface area (Å²) in [4.78, 5) is 27.3. The maximum Gasteiger partial charge on any atom is 0.429 e. The van der Waals surface area contributed by atoms with Gasteiger partial charge in [-0.3, -0.25) is 4.90 Å². The summed E-state index contributed by atoms with van der Waals surface area (Å²) in [7, 11) is 0. The molecule has 2 fully saturated rings. The largest absolute Gasteiger partial charge is 0.442 e. The summed E-state index contributed by atoms with van der Waals surface area (Å²) < 4.78 is 54.0. The number of benzene rings is 2. The summed E-state index contributed by atoms with van der Waals surface area (Å²) in [6.07, 6.45) is 0.442. The summed E-state index contributed by atoms with van der Waals surface area (Å²) in [6.45, 7) is 0.629. The number of nitrogens with one attached hydrogen (secondary N) is 1. The van der Waals surface area contributed by atoms with Gasteiger partial charge in [0.1, 0.15) is 23.4 Å². The Kier molecular flexibility index (Phi) is 7.89. The average molecular weight is 522 g/mol. The molecule has 2 saturated heterocycles. The number of ether oxygens (including phenoxy) is 2. The van der Waals surface area contributed by atoms with Crippen LogP contribution in [-0.4, -0.2) is 67.6 Å². The fourth-order valence-corrected chi connectivity index (χ4v) is 4.04. The van der Waals surface area contributed by atoms with E-state index in [1.54, 1.807) is 0 Å². The predicted octanol–water partition coefficient (Wildman–Crippen LogP) is 1.86. The van der Waals surface area contributed by atoms with Crippen molar-refractivity contribution in [2.75, 3.05) is 49.1 Å². The van der Waals surface area contributed by atoms with Crippen molar-refractivity contribution in [1.29, 1.82) is 0 Å². The van der Waals surface area contributed by atoms with Crippen molar-refractivity contribution in [2.45, 2.75) is 6.10 Å². The number of carbonyl (C=O) groups is 2. The van der Waals surface area contributed by atoms with Crippen LogP contribution in [0.4, 0.5) is 34.1 Å². The molecule has 37 heavy (non-hydrogen) atoms. The second kappa shape index (κ2) is 11.3. The molecule has 2 heterocycles. The number of rotatable bonds is 6. The number of hydrazine groups is 2. The number of hydrogen-bond donors (Lipinski definition) is 3. The molecule has 0 aliphatic carbocycles. The molecule has 0 unspecified atom stereocenters. The van der Waals surface area contributed by atoms with Crippen LogP contribution in [0.25, 0.3) is 0 Å². The Morgan fingerprint density at radius 1 is 1.19 bits per heavy atom. The number of carbonyl (C=O) groups excluding carboxylic acids is 2. The monoisotopic (exact) mass is 521 g/mol. The number of hydrogen-bond acceptors (Lipinski definition) is 9. The van der Waals surface area contributed by atoms with Crippen LogP contribution in [0.5, 0.6) is 5.75 Å². The lowest BCUT2D eigenvalue weighted by Crippen LogP contribution is -2.45. The van der Waals surface area contributed by atoms with Crippen molar-refractivity contribution in [1.82, 2.24) is 15.4 Å². The van der Waals surface area contributed by atoms with E-state index in [1.165, 1.54) is 40.5 Å². The first-order chi connectivity index (χ1) is 17.7. The average Bonchev–Trinajstić information content (AvgIpc) is 3.03. The molecule has 0 radical (unpaired) electrons. The maximum absolute atomic E-state index is 15.1. The molecule has 4 rings (SSSR count). The minimum absolute atomic E-state index is 0.00238. The molecule has 0 spiro atoms. The first kappa shape index (κ1) is 25.9. The molecular weight excluding hydrogens is 495 g/mol. The number of anilines is 2. The zero-order valence-electron chi connectivity index (χ0n) is 19.6. The summed E-state index contributed by atoms with van der Waals surface area (Å²) in [5, 5.41) is 2.38. The van der Waals surface area contributed by atoms with Crippen LogP contribution in [-0.2, 0) is 4.74 Å².